The Hall–Kier alpha value is -3.20. The molecule has 0 heterocycles. The second kappa shape index (κ2) is 10.9. The van der Waals surface area contributed by atoms with Crippen LogP contribution in [0, 0.1) is 11.6 Å². The Bertz CT molecular complexity index is 1120. The monoisotopic (exact) mass is 472 g/mol. The normalized spacial score (nSPS) is 10.9. The Morgan fingerprint density at radius 1 is 0.625 bits per heavy atom. The number of rotatable bonds is 5. The maximum Gasteiger partial charge on any atom is 0.262 e. The lowest BCUT2D eigenvalue weighted by Crippen LogP contribution is -2.07. The SMILES string of the molecule is O=S(=O)([O-])Oc1cc(F)cc(F)c1.c1ccc([S+](c2ccccc2)c2ccccc2)cc1. The summed E-state index contributed by atoms with van der Waals surface area (Å²) in [5.41, 5.74) is 0. The minimum atomic E-state index is -4.99. The topological polar surface area (TPSA) is 66.4 Å². The second-order valence-corrected chi connectivity index (χ2v) is 9.35. The van der Waals surface area contributed by atoms with E-state index >= 15 is 0 Å². The van der Waals surface area contributed by atoms with E-state index in [-0.39, 0.29) is 10.9 Å². The van der Waals surface area contributed by atoms with Crippen molar-refractivity contribution in [3.63, 3.8) is 0 Å². The van der Waals surface area contributed by atoms with Gasteiger partial charge in [-0.2, -0.15) is 0 Å². The van der Waals surface area contributed by atoms with E-state index in [0.29, 0.717) is 18.2 Å². The molecule has 32 heavy (non-hydrogen) atoms. The zero-order chi connectivity index (χ0) is 23.0. The van der Waals surface area contributed by atoms with Crippen molar-refractivity contribution < 1.29 is 25.9 Å². The summed E-state index contributed by atoms with van der Waals surface area (Å²) in [6, 6.07) is 33.8. The lowest BCUT2D eigenvalue weighted by molar-refractivity contribution is 0.370. The lowest BCUT2D eigenvalue weighted by Gasteiger charge is -2.08. The highest BCUT2D eigenvalue weighted by Crippen LogP contribution is 2.30. The van der Waals surface area contributed by atoms with E-state index < -0.39 is 27.8 Å². The van der Waals surface area contributed by atoms with E-state index in [4.69, 9.17) is 0 Å². The fourth-order valence-corrected chi connectivity index (χ4v) is 5.21. The summed E-state index contributed by atoms with van der Waals surface area (Å²) in [5, 5.41) is 0. The summed E-state index contributed by atoms with van der Waals surface area (Å²) >= 11 is 0. The van der Waals surface area contributed by atoms with E-state index in [1.54, 1.807) is 0 Å². The predicted octanol–water partition coefficient (Wildman–Crippen LogP) is 5.59. The van der Waals surface area contributed by atoms with Gasteiger partial charge in [0.05, 0.1) is 10.9 Å². The molecule has 0 N–H and O–H groups in total. The number of hydrogen-bond acceptors (Lipinski definition) is 4. The Balaban J connectivity index is 0.000000195. The van der Waals surface area contributed by atoms with Crippen LogP contribution in [0.25, 0.3) is 0 Å². The number of halogens is 2. The van der Waals surface area contributed by atoms with Crippen molar-refractivity contribution in [1.29, 1.82) is 0 Å². The average molecular weight is 473 g/mol. The molecule has 8 heteroatoms. The molecule has 0 radical (unpaired) electrons. The molecule has 0 amide bonds. The summed E-state index contributed by atoms with van der Waals surface area (Å²) in [5.74, 6) is -2.75. The van der Waals surface area contributed by atoms with Gasteiger partial charge in [-0.1, -0.05) is 54.6 Å². The molecule has 0 aliphatic rings. The van der Waals surface area contributed by atoms with Crippen LogP contribution in [0.3, 0.4) is 0 Å². The standard InChI is InChI=1S/C18H15S.C6H4F2O4S/c1-4-10-16(11-5-1)19(17-12-6-2-7-13-17)18-14-8-3-9-15-18;7-4-1-5(8)3-6(2-4)12-13(9,10)11/h1-15H;1-3H,(H,9,10,11)/q+1;/p-1. The highest BCUT2D eigenvalue weighted by atomic mass is 32.3. The number of benzene rings is 4. The van der Waals surface area contributed by atoms with Crippen LogP contribution in [0.2, 0.25) is 0 Å². The minimum absolute atomic E-state index is 0.0146. The van der Waals surface area contributed by atoms with Crippen LogP contribution in [-0.4, -0.2) is 13.0 Å². The summed E-state index contributed by atoms with van der Waals surface area (Å²) < 4.78 is 58.5. The third kappa shape index (κ3) is 7.19. The van der Waals surface area contributed by atoms with Crippen LogP contribution in [0.5, 0.6) is 5.75 Å². The van der Waals surface area contributed by atoms with Crippen LogP contribution < -0.4 is 4.18 Å². The van der Waals surface area contributed by atoms with Gasteiger partial charge in [-0.3, -0.25) is 0 Å². The second-order valence-electron chi connectivity index (χ2n) is 6.34. The molecule has 4 rings (SSSR count). The molecule has 0 saturated carbocycles. The smallest absolute Gasteiger partial charge is 0.262 e. The molecule has 0 spiro atoms. The summed E-state index contributed by atoms with van der Waals surface area (Å²) in [4.78, 5) is 4.08. The van der Waals surface area contributed by atoms with Crippen LogP contribution >= 0.6 is 0 Å². The van der Waals surface area contributed by atoms with Crippen LogP contribution in [0.1, 0.15) is 0 Å². The molecule has 0 atom stereocenters. The molecular formula is C24H18F2O4S2. The summed E-state index contributed by atoms with van der Waals surface area (Å²) in [6.45, 7) is 0. The quantitative estimate of drug-likeness (QED) is 0.216. The number of hydrogen-bond donors (Lipinski definition) is 0. The maximum atomic E-state index is 12.4. The average Bonchev–Trinajstić information content (AvgIpc) is 2.75. The van der Waals surface area contributed by atoms with Crippen molar-refractivity contribution in [3.05, 3.63) is 121 Å². The molecule has 164 valence electrons. The van der Waals surface area contributed by atoms with Gasteiger partial charge in [-0.25, -0.2) is 17.2 Å². The van der Waals surface area contributed by atoms with Crippen molar-refractivity contribution in [2.24, 2.45) is 0 Å². The van der Waals surface area contributed by atoms with Gasteiger partial charge in [0.2, 0.25) is 0 Å². The fourth-order valence-electron chi connectivity index (χ4n) is 2.77. The molecule has 0 saturated heterocycles. The van der Waals surface area contributed by atoms with Gasteiger partial charge in [0.25, 0.3) is 10.4 Å². The molecule has 0 aliphatic heterocycles. The molecule has 0 unspecified atom stereocenters. The van der Waals surface area contributed by atoms with E-state index in [9.17, 15) is 21.8 Å². The lowest BCUT2D eigenvalue weighted by atomic mass is 10.3. The largest absolute Gasteiger partial charge is 0.716 e. The van der Waals surface area contributed by atoms with Gasteiger partial charge >= 0.3 is 0 Å². The first-order chi connectivity index (χ1) is 15.3. The van der Waals surface area contributed by atoms with Crippen molar-refractivity contribution in [1.82, 2.24) is 0 Å². The summed E-state index contributed by atoms with van der Waals surface area (Å²) in [7, 11) is -5.01. The summed E-state index contributed by atoms with van der Waals surface area (Å²) in [6.07, 6.45) is 0. The molecule has 4 aromatic rings. The van der Waals surface area contributed by atoms with Crippen LogP contribution in [-0.2, 0) is 21.3 Å². The zero-order valence-electron chi connectivity index (χ0n) is 16.6. The van der Waals surface area contributed by atoms with Gasteiger partial charge in [0.15, 0.2) is 14.7 Å². The predicted molar refractivity (Wildman–Crippen MR) is 118 cm³/mol. The maximum absolute atomic E-state index is 12.4. The van der Waals surface area contributed by atoms with Gasteiger partial charge in [0, 0.05) is 18.2 Å². The highest BCUT2D eigenvalue weighted by molar-refractivity contribution is 7.97. The van der Waals surface area contributed by atoms with E-state index in [1.165, 1.54) is 14.7 Å². The Morgan fingerprint density at radius 3 is 1.28 bits per heavy atom. The first kappa shape index (κ1) is 23.5. The fraction of sp³-hybridized carbons (Fsp3) is 0. The van der Waals surface area contributed by atoms with Gasteiger partial charge in [0.1, 0.15) is 17.4 Å². The van der Waals surface area contributed by atoms with Crippen molar-refractivity contribution in [2.45, 2.75) is 14.7 Å². The molecule has 4 nitrogen and oxygen atoms in total. The van der Waals surface area contributed by atoms with Crippen LogP contribution in [0.4, 0.5) is 8.78 Å². The highest BCUT2D eigenvalue weighted by Gasteiger charge is 2.27. The Labute approximate surface area is 188 Å². The molecule has 0 fully saturated rings. The third-order valence-electron chi connectivity index (χ3n) is 3.97. The molecule has 0 aromatic heterocycles. The first-order valence-corrected chi connectivity index (χ1v) is 11.9. The van der Waals surface area contributed by atoms with Crippen molar-refractivity contribution in [3.8, 4) is 5.75 Å². The van der Waals surface area contributed by atoms with E-state index in [1.807, 2.05) is 0 Å². The van der Waals surface area contributed by atoms with Gasteiger partial charge in [-0.15, -0.1) is 0 Å². The molecule has 0 aliphatic carbocycles. The van der Waals surface area contributed by atoms with E-state index in [0.717, 1.165) is 0 Å². The molecular weight excluding hydrogens is 454 g/mol. The van der Waals surface area contributed by atoms with Crippen LogP contribution in [0.15, 0.2) is 124 Å². The Kier molecular flexibility index (Phi) is 7.99. The Morgan fingerprint density at radius 2 is 0.969 bits per heavy atom. The minimum Gasteiger partial charge on any atom is -0.716 e. The van der Waals surface area contributed by atoms with Crippen molar-refractivity contribution in [2.75, 3.05) is 0 Å². The van der Waals surface area contributed by atoms with Crippen molar-refractivity contribution >= 4 is 21.3 Å². The molecule has 0 bridgehead atoms. The molecule has 4 aromatic carbocycles. The first-order valence-electron chi connectivity index (χ1n) is 9.33. The van der Waals surface area contributed by atoms with Gasteiger partial charge in [-0.05, 0) is 36.4 Å². The third-order valence-corrected chi connectivity index (χ3v) is 6.60. The van der Waals surface area contributed by atoms with E-state index in [2.05, 4.69) is 95.2 Å². The zero-order valence-corrected chi connectivity index (χ0v) is 18.2. The van der Waals surface area contributed by atoms with Gasteiger partial charge < -0.3 is 8.74 Å².